The standard InChI is InChI=1S/C14H15FN2O3/c1-19-12-3-2-10(8-11(12)15)17-13(18)14(9-16)4-6-20-7-5-14/h2-3,8H,4-7H2,1H3,(H,17,18). The maximum Gasteiger partial charge on any atom is 0.245 e. The summed E-state index contributed by atoms with van der Waals surface area (Å²) < 4.78 is 23.5. The smallest absolute Gasteiger partial charge is 0.245 e. The minimum atomic E-state index is -1.10. The van der Waals surface area contributed by atoms with Crippen LogP contribution in [0.2, 0.25) is 0 Å². The highest BCUT2D eigenvalue weighted by Crippen LogP contribution is 2.31. The van der Waals surface area contributed by atoms with Crippen LogP contribution in [0.5, 0.6) is 5.75 Å². The quantitative estimate of drug-likeness (QED) is 0.919. The largest absolute Gasteiger partial charge is 0.494 e. The highest BCUT2D eigenvalue weighted by molar-refractivity contribution is 5.97. The monoisotopic (exact) mass is 278 g/mol. The number of amides is 1. The SMILES string of the molecule is COc1ccc(NC(=O)C2(C#N)CCOCC2)cc1F. The van der Waals surface area contributed by atoms with E-state index in [-0.39, 0.29) is 5.75 Å². The van der Waals surface area contributed by atoms with Crippen molar-refractivity contribution < 1.29 is 18.7 Å². The molecule has 1 aliphatic rings. The number of halogens is 1. The first-order valence-corrected chi connectivity index (χ1v) is 6.25. The number of anilines is 1. The zero-order valence-electron chi connectivity index (χ0n) is 11.1. The molecule has 5 nitrogen and oxygen atoms in total. The number of ether oxygens (including phenoxy) is 2. The molecular weight excluding hydrogens is 263 g/mol. The van der Waals surface area contributed by atoms with Gasteiger partial charge in [-0.1, -0.05) is 0 Å². The maximum absolute atomic E-state index is 13.6. The summed E-state index contributed by atoms with van der Waals surface area (Å²) in [6.07, 6.45) is 0.682. The molecule has 20 heavy (non-hydrogen) atoms. The lowest BCUT2D eigenvalue weighted by molar-refractivity contribution is -0.126. The molecule has 0 aromatic heterocycles. The summed E-state index contributed by atoms with van der Waals surface area (Å²) in [5.74, 6) is -0.889. The molecule has 2 rings (SSSR count). The van der Waals surface area contributed by atoms with E-state index >= 15 is 0 Å². The number of carbonyl (C=O) groups is 1. The second-order valence-corrected chi connectivity index (χ2v) is 4.61. The summed E-state index contributed by atoms with van der Waals surface area (Å²) >= 11 is 0. The molecule has 106 valence electrons. The Labute approximate surface area is 116 Å². The zero-order chi connectivity index (χ0) is 14.6. The second kappa shape index (κ2) is 5.88. The Hall–Kier alpha value is -2.13. The van der Waals surface area contributed by atoms with E-state index in [1.807, 2.05) is 0 Å². The molecule has 1 aromatic carbocycles. The van der Waals surface area contributed by atoms with Crippen LogP contribution in [0.1, 0.15) is 12.8 Å². The van der Waals surface area contributed by atoms with Crippen molar-refractivity contribution in [3.63, 3.8) is 0 Å². The summed E-state index contributed by atoms with van der Waals surface area (Å²) in [5.41, 5.74) is -0.802. The van der Waals surface area contributed by atoms with E-state index < -0.39 is 17.1 Å². The minimum Gasteiger partial charge on any atom is -0.494 e. The molecule has 1 aliphatic heterocycles. The second-order valence-electron chi connectivity index (χ2n) is 4.61. The van der Waals surface area contributed by atoms with Crippen molar-refractivity contribution in [2.45, 2.75) is 12.8 Å². The van der Waals surface area contributed by atoms with Gasteiger partial charge in [0.05, 0.1) is 13.2 Å². The predicted octanol–water partition coefficient (Wildman–Crippen LogP) is 2.09. The molecule has 1 heterocycles. The van der Waals surface area contributed by atoms with Gasteiger partial charge in [-0.05, 0) is 25.0 Å². The lowest BCUT2D eigenvalue weighted by Gasteiger charge is -2.29. The summed E-state index contributed by atoms with van der Waals surface area (Å²) in [6.45, 7) is 0.746. The van der Waals surface area contributed by atoms with Crippen molar-refractivity contribution >= 4 is 11.6 Å². The Bertz CT molecular complexity index is 548. The van der Waals surface area contributed by atoms with Crippen LogP contribution < -0.4 is 10.1 Å². The highest BCUT2D eigenvalue weighted by Gasteiger charge is 2.40. The number of carbonyl (C=O) groups excluding carboxylic acids is 1. The Morgan fingerprint density at radius 1 is 1.50 bits per heavy atom. The first-order valence-electron chi connectivity index (χ1n) is 6.25. The molecule has 1 amide bonds. The lowest BCUT2D eigenvalue weighted by Crippen LogP contribution is -2.39. The average Bonchev–Trinajstić information content (AvgIpc) is 2.48. The van der Waals surface area contributed by atoms with E-state index in [1.54, 1.807) is 0 Å². The summed E-state index contributed by atoms with van der Waals surface area (Å²) in [6, 6.07) is 6.19. The van der Waals surface area contributed by atoms with Gasteiger partial charge in [0, 0.05) is 25.0 Å². The number of hydrogen-bond donors (Lipinski definition) is 1. The predicted molar refractivity (Wildman–Crippen MR) is 69.7 cm³/mol. The molecule has 1 fully saturated rings. The van der Waals surface area contributed by atoms with E-state index in [9.17, 15) is 14.4 Å². The molecule has 0 bridgehead atoms. The Kier molecular flexibility index (Phi) is 4.20. The van der Waals surface area contributed by atoms with Crippen LogP contribution in [0.3, 0.4) is 0 Å². The molecular formula is C14H15FN2O3. The minimum absolute atomic E-state index is 0.101. The van der Waals surface area contributed by atoms with Crippen LogP contribution in [-0.4, -0.2) is 26.2 Å². The summed E-state index contributed by atoms with van der Waals surface area (Å²) in [5, 5.41) is 11.8. The number of hydrogen-bond acceptors (Lipinski definition) is 4. The normalized spacial score (nSPS) is 17.1. The first-order chi connectivity index (χ1) is 9.61. The van der Waals surface area contributed by atoms with Gasteiger partial charge in [-0.3, -0.25) is 4.79 Å². The molecule has 0 spiro atoms. The van der Waals surface area contributed by atoms with Gasteiger partial charge in [0.15, 0.2) is 11.6 Å². The number of nitrogens with zero attached hydrogens (tertiary/aromatic N) is 1. The molecule has 1 aromatic rings. The topological polar surface area (TPSA) is 71.3 Å². The molecule has 0 radical (unpaired) electrons. The van der Waals surface area contributed by atoms with Crippen molar-refractivity contribution in [3.8, 4) is 11.8 Å². The van der Waals surface area contributed by atoms with Crippen LogP contribution in [-0.2, 0) is 9.53 Å². The fraction of sp³-hybridized carbons (Fsp3) is 0.429. The van der Waals surface area contributed by atoms with Gasteiger partial charge in [0.1, 0.15) is 5.41 Å². The molecule has 1 saturated heterocycles. The molecule has 6 heteroatoms. The van der Waals surface area contributed by atoms with Crippen molar-refractivity contribution in [1.82, 2.24) is 0 Å². The van der Waals surface area contributed by atoms with Gasteiger partial charge in [-0.25, -0.2) is 4.39 Å². The fourth-order valence-electron chi connectivity index (χ4n) is 2.10. The number of methoxy groups -OCH3 is 1. The Morgan fingerprint density at radius 3 is 2.75 bits per heavy atom. The molecule has 0 unspecified atom stereocenters. The van der Waals surface area contributed by atoms with E-state index in [4.69, 9.17) is 9.47 Å². The zero-order valence-corrected chi connectivity index (χ0v) is 11.1. The van der Waals surface area contributed by atoms with Crippen LogP contribution in [0.4, 0.5) is 10.1 Å². The van der Waals surface area contributed by atoms with Gasteiger partial charge in [-0.15, -0.1) is 0 Å². The van der Waals surface area contributed by atoms with Crippen molar-refractivity contribution in [2.75, 3.05) is 25.6 Å². The molecule has 0 atom stereocenters. The van der Waals surface area contributed by atoms with Gasteiger partial charge < -0.3 is 14.8 Å². The van der Waals surface area contributed by atoms with Gasteiger partial charge >= 0.3 is 0 Å². The average molecular weight is 278 g/mol. The lowest BCUT2D eigenvalue weighted by atomic mass is 9.81. The Balaban J connectivity index is 2.14. The van der Waals surface area contributed by atoms with Crippen LogP contribution in [0.25, 0.3) is 0 Å². The number of nitriles is 1. The summed E-state index contributed by atoms with van der Waals surface area (Å²) in [4.78, 5) is 12.2. The molecule has 1 N–H and O–H groups in total. The van der Waals surface area contributed by atoms with Crippen molar-refractivity contribution in [1.29, 1.82) is 5.26 Å². The van der Waals surface area contributed by atoms with Crippen LogP contribution >= 0.6 is 0 Å². The number of rotatable bonds is 3. The number of benzene rings is 1. The maximum atomic E-state index is 13.6. The van der Waals surface area contributed by atoms with Gasteiger partial charge in [0.25, 0.3) is 0 Å². The van der Waals surface area contributed by atoms with Crippen LogP contribution in [0, 0.1) is 22.6 Å². The molecule has 0 aliphatic carbocycles. The molecule has 0 saturated carbocycles. The highest BCUT2D eigenvalue weighted by atomic mass is 19.1. The third-order valence-corrected chi connectivity index (χ3v) is 3.40. The third kappa shape index (κ3) is 2.73. The van der Waals surface area contributed by atoms with Gasteiger partial charge in [-0.2, -0.15) is 5.26 Å². The third-order valence-electron chi connectivity index (χ3n) is 3.40. The summed E-state index contributed by atoms with van der Waals surface area (Å²) in [7, 11) is 1.36. The van der Waals surface area contributed by atoms with E-state index in [2.05, 4.69) is 11.4 Å². The van der Waals surface area contributed by atoms with Crippen LogP contribution in [0.15, 0.2) is 18.2 Å². The van der Waals surface area contributed by atoms with Crippen molar-refractivity contribution in [3.05, 3.63) is 24.0 Å². The fourth-order valence-corrected chi connectivity index (χ4v) is 2.10. The number of nitrogens with one attached hydrogen (secondary N) is 1. The van der Waals surface area contributed by atoms with E-state index in [0.717, 1.165) is 0 Å². The van der Waals surface area contributed by atoms with Gasteiger partial charge in [0.2, 0.25) is 5.91 Å². The van der Waals surface area contributed by atoms with E-state index in [0.29, 0.717) is 31.7 Å². The van der Waals surface area contributed by atoms with E-state index in [1.165, 1.54) is 25.3 Å². The Morgan fingerprint density at radius 2 is 2.20 bits per heavy atom. The van der Waals surface area contributed by atoms with Crippen molar-refractivity contribution in [2.24, 2.45) is 5.41 Å². The first kappa shape index (κ1) is 14.3.